The third kappa shape index (κ3) is 1.53. The van der Waals surface area contributed by atoms with E-state index in [0.717, 1.165) is 10.0 Å². The first-order chi connectivity index (χ1) is 4.74. The molecule has 0 amide bonds. The van der Waals surface area contributed by atoms with Crippen LogP contribution < -0.4 is 0 Å². The molecule has 0 spiro atoms. The van der Waals surface area contributed by atoms with E-state index >= 15 is 0 Å². The summed E-state index contributed by atoms with van der Waals surface area (Å²) in [4.78, 5) is 0. The maximum Gasteiger partial charge on any atom is 0.0419 e. The van der Waals surface area contributed by atoms with E-state index in [-0.39, 0.29) is 0 Å². The van der Waals surface area contributed by atoms with Crippen molar-refractivity contribution in [2.45, 2.75) is 0 Å². The highest BCUT2D eigenvalue weighted by Crippen LogP contribution is 2.19. The first-order valence-corrected chi connectivity index (χ1v) is 3.83. The first-order valence-electron chi connectivity index (χ1n) is 2.65. The van der Waals surface area contributed by atoms with Crippen LogP contribution in [0.3, 0.4) is 0 Å². The zero-order valence-corrected chi connectivity index (χ0v) is 7.41. The Balaban J connectivity index is 3.25. The van der Waals surface area contributed by atoms with Crippen molar-refractivity contribution in [1.82, 2.24) is 0 Å². The van der Waals surface area contributed by atoms with Crippen molar-refractivity contribution in [3.05, 3.63) is 33.3 Å². The summed E-state index contributed by atoms with van der Waals surface area (Å²) in [5, 5.41) is 0.663. The Bertz CT molecular complexity index is 286. The molecule has 0 nitrogen and oxygen atoms in total. The van der Waals surface area contributed by atoms with Gasteiger partial charge in [0.25, 0.3) is 0 Å². The van der Waals surface area contributed by atoms with Gasteiger partial charge in [-0.2, -0.15) is 0 Å². The standard InChI is InChI=1S/C8H4BrCl/c1-2-6-5-7(10)3-4-8(6)9/h1,3-5H. The molecule has 0 fully saturated rings. The van der Waals surface area contributed by atoms with Crippen LogP contribution in [0.1, 0.15) is 5.56 Å². The lowest BCUT2D eigenvalue weighted by molar-refractivity contribution is 1.59. The average molecular weight is 215 g/mol. The van der Waals surface area contributed by atoms with Gasteiger partial charge >= 0.3 is 0 Å². The van der Waals surface area contributed by atoms with Crippen molar-refractivity contribution < 1.29 is 0 Å². The molecule has 0 aromatic heterocycles. The molecule has 0 heterocycles. The number of hydrogen-bond acceptors (Lipinski definition) is 0. The highest BCUT2D eigenvalue weighted by molar-refractivity contribution is 9.10. The van der Waals surface area contributed by atoms with Crippen molar-refractivity contribution in [1.29, 1.82) is 0 Å². The van der Waals surface area contributed by atoms with Crippen LogP contribution in [-0.2, 0) is 0 Å². The van der Waals surface area contributed by atoms with Crippen molar-refractivity contribution in [2.24, 2.45) is 0 Å². The van der Waals surface area contributed by atoms with E-state index in [4.69, 9.17) is 18.0 Å². The minimum Gasteiger partial charge on any atom is -0.115 e. The van der Waals surface area contributed by atoms with Gasteiger partial charge < -0.3 is 0 Å². The Kier molecular flexibility index (Phi) is 2.37. The molecule has 0 unspecified atom stereocenters. The van der Waals surface area contributed by atoms with E-state index in [1.165, 1.54) is 0 Å². The van der Waals surface area contributed by atoms with Gasteiger partial charge in [0, 0.05) is 15.1 Å². The lowest BCUT2D eigenvalue weighted by Gasteiger charge is -1.94. The molecule has 50 valence electrons. The van der Waals surface area contributed by atoms with Crippen LogP contribution in [0.15, 0.2) is 22.7 Å². The molecule has 1 aromatic rings. The molecule has 0 atom stereocenters. The van der Waals surface area contributed by atoms with Gasteiger partial charge in [-0.1, -0.05) is 17.5 Å². The van der Waals surface area contributed by atoms with E-state index in [1.54, 1.807) is 12.1 Å². The maximum absolute atomic E-state index is 5.68. The molecule has 2 heteroatoms. The third-order valence-electron chi connectivity index (χ3n) is 1.08. The van der Waals surface area contributed by atoms with E-state index in [1.807, 2.05) is 6.07 Å². The van der Waals surface area contributed by atoms with Gasteiger partial charge in [0.2, 0.25) is 0 Å². The lowest BCUT2D eigenvalue weighted by atomic mass is 10.2. The van der Waals surface area contributed by atoms with Crippen molar-refractivity contribution in [2.75, 3.05) is 0 Å². The Hall–Kier alpha value is -0.450. The monoisotopic (exact) mass is 214 g/mol. The molecule has 0 saturated heterocycles. The Labute approximate surface area is 73.3 Å². The second-order valence-corrected chi connectivity index (χ2v) is 3.06. The summed E-state index contributed by atoms with van der Waals surface area (Å²) < 4.78 is 0.902. The molecule has 1 aromatic carbocycles. The van der Waals surface area contributed by atoms with Crippen molar-refractivity contribution in [3.63, 3.8) is 0 Å². The molecule has 0 N–H and O–H groups in total. The molecule has 0 aliphatic carbocycles. The summed E-state index contributed by atoms with van der Waals surface area (Å²) in [6.07, 6.45) is 5.18. The van der Waals surface area contributed by atoms with Crippen molar-refractivity contribution in [3.8, 4) is 12.3 Å². The minimum atomic E-state index is 0.663. The molecule has 0 aliphatic rings. The van der Waals surface area contributed by atoms with Gasteiger partial charge in [0.15, 0.2) is 0 Å². The van der Waals surface area contributed by atoms with E-state index < -0.39 is 0 Å². The lowest BCUT2D eigenvalue weighted by Crippen LogP contribution is -1.75. The van der Waals surface area contributed by atoms with Crippen molar-refractivity contribution >= 4 is 27.5 Å². The summed E-state index contributed by atoms with van der Waals surface area (Å²) in [7, 11) is 0. The Morgan fingerprint density at radius 1 is 1.50 bits per heavy atom. The number of halogens is 2. The van der Waals surface area contributed by atoms with Crippen LogP contribution in [0.5, 0.6) is 0 Å². The smallest absolute Gasteiger partial charge is 0.0419 e. The average Bonchev–Trinajstić information content (AvgIpc) is 1.94. The molecular weight excluding hydrogens is 211 g/mol. The fourth-order valence-corrected chi connectivity index (χ4v) is 1.14. The topological polar surface area (TPSA) is 0 Å². The Morgan fingerprint density at radius 2 is 2.20 bits per heavy atom. The van der Waals surface area contributed by atoms with Gasteiger partial charge in [-0.25, -0.2) is 0 Å². The van der Waals surface area contributed by atoms with Crippen LogP contribution in [-0.4, -0.2) is 0 Å². The normalized spacial score (nSPS) is 8.90. The Morgan fingerprint density at radius 3 is 2.70 bits per heavy atom. The summed E-state index contributed by atoms with van der Waals surface area (Å²) in [5.41, 5.74) is 0.785. The fraction of sp³-hybridized carbons (Fsp3) is 0. The second-order valence-electron chi connectivity index (χ2n) is 1.77. The first kappa shape index (κ1) is 7.65. The number of rotatable bonds is 0. The minimum absolute atomic E-state index is 0.663. The predicted molar refractivity (Wildman–Crippen MR) is 47.1 cm³/mol. The van der Waals surface area contributed by atoms with Gasteiger partial charge in [-0.05, 0) is 34.1 Å². The SMILES string of the molecule is C#Cc1cc(Cl)ccc1Br. The summed E-state index contributed by atoms with van der Waals surface area (Å²) in [5.74, 6) is 2.50. The maximum atomic E-state index is 5.68. The largest absolute Gasteiger partial charge is 0.115 e. The molecule has 0 radical (unpaired) electrons. The van der Waals surface area contributed by atoms with Gasteiger partial charge in [0.1, 0.15) is 0 Å². The van der Waals surface area contributed by atoms with Gasteiger partial charge in [0.05, 0.1) is 0 Å². The quantitative estimate of drug-likeness (QED) is 0.584. The van der Waals surface area contributed by atoms with Crippen LogP contribution in [0.4, 0.5) is 0 Å². The third-order valence-corrected chi connectivity index (χ3v) is 2.01. The fourth-order valence-electron chi connectivity index (χ4n) is 0.608. The second kappa shape index (κ2) is 3.09. The highest BCUT2D eigenvalue weighted by Gasteiger charge is 1.95. The van der Waals surface area contributed by atoms with Crippen LogP contribution in [0.2, 0.25) is 5.02 Å². The van der Waals surface area contributed by atoms with E-state index in [0.29, 0.717) is 5.02 Å². The molecule has 0 bridgehead atoms. The van der Waals surface area contributed by atoms with E-state index in [9.17, 15) is 0 Å². The number of hydrogen-bond donors (Lipinski definition) is 0. The molecule has 0 saturated carbocycles. The van der Waals surface area contributed by atoms with E-state index in [2.05, 4.69) is 21.9 Å². The summed E-state index contributed by atoms with van der Waals surface area (Å²) >= 11 is 8.97. The molecular formula is C8H4BrCl. The highest BCUT2D eigenvalue weighted by atomic mass is 79.9. The van der Waals surface area contributed by atoms with Crippen LogP contribution in [0.25, 0.3) is 0 Å². The zero-order valence-electron chi connectivity index (χ0n) is 5.07. The van der Waals surface area contributed by atoms with Crippen LogP contribution in [0, 0.1) is 12.3 Å². The zero-order chi connectivity index (χ0) is 7.56. The molecule has 1 rings (SSSR count). The van der Waals surface area contributed by atoms with Crippen LogP contribution >= 0.6 is 27.5 Å². The number of terminal acetylenes is 1. The van der Waals surface area contributed by atoms with Gasteiger partial charge in [-0.3, -0.25) is 0 Å². The van der Waals surface area contributed by atoms with Gasteiger partial charge in [-0.15, -0.1) is 6.42 Å². The molecule has 10 heavy (non-hydrogen) atoms. The summed E-state index contributed by atoms with van der Waals surface area (Å²) in [6.45, 7) is 0. The molecule has 0 aliphatic heterocycles. The summed E-state index contributed by atoms with van der Waals surface area (Å²) in [6, 6.07) is 5.36. The predicted octanol–water partition coefficient (Wildman–Crippen LogP) is 3.08. The number of benzene rings is 1.